The van der Waals surface area contributed by atoms with E-state index in [4.69, 9.17) is 0 Å². The number of fused-ring (bicyclic) bond motifs is 3. The lowest BCUT2D eigenvalue weighted by molar-refractivity contribution is 0.152. The molecule has 0 aromatic carbocycles. The average Bonchev–Trinajstić information content (AvgIpc) is 3.36. The Labute approximate surface area is 197 Å². The zero-order valence-corrected chi connectivity index (χ0v) is 21.5. The van der Waals surface area contributed by atoms with Gasteiger partial charge in [-0.3, -0.25) is 0 Å². The molecule has 0 nitrogen and oxygen atoms in total. The van der Waals surface area contributed by atoms with E-state index in [0.29, 0.717) is 29.6 Å². The first kappa shape index (κ1) is 23.3. The summed E-state index contributed by atoms with van der Waals surface area (Å²) in [4.78, 5) is 0. The Balaban J connectivity index is 1.86. The Morgan fingerprint density at radius 3 is 1.78 bits per heavy atom. The van der Waals surface area contributed by atoms with Gasteiger partial charge in [0.25, 0.3) is 0 Å². The van der Waals surface area contributed by atoms with Gasteiger partial charge in [-0.15, -0.1) is 6.58 Å². The van der Waals surface area contributed by atoms with E-state index in [2.05, 4.69) is 116 Å². The van der Waals surface area contributed by atoms with Gasteiger partial charge in [-0.05, 0) is 76.2 Å². The molecule has 0 aromatic rings. The fraction of sp³-hybridized carbons (Fsp3) is 0.562. The standard InChI is InChI=1S/C32H44/c1-9-10-19-32(8,22-13-11-12-14-22)29-27-20-23(30(2,3)4)15-17-25(27)26-18-16-24(21-28(26)29)31(5,6)7/h9,11-13,15-18,20-21,25-29H,1,10,14,19H2,2-8H3/t25?,26?,27?,28?,29?,32-/m1/s1. The summed E-state index contributed by atoms with van der Waals surface area (Å²) in [6.45, 7) is 20.8. The zero-order valence-electron chi connectivity index (χ0n) is 21.5. The summed E-state index contributed by atoms with van der Waals surface area (Å²) < 4.78 is 0. The van der Waals surface area contributed by atoms with Crippen molar-refractivity contribution in [2.24, 2.45) is 45.8 Å². The molecule has 1 saturated carbocycles. The van der Waals surface area contributed by atoms with Crippen molar-refractivity contribution in [3.8, 4) is 0 Å². The lowest BCUT2D eigenvalue weighted by atomic mass is 9.59. The fourth-order valence-electron chi connectivity index (χ4n) is 6.81. The van der Waals surface area contributed by atoms with Crippen molar-refractivity contribution < 1.29 is 0 Å². The third-order valence-corrected chi connectivity index (χ3v) is 8.74. The van der Waals surface area contributed by atoms with Gasteiger partial charge < -0.3 is 0 Å². The first-order valence-corrected chi connectivity index (χ1v) is 12.7. The second-order valence-corrected chi connectivity index (χ2v) is 12.9. The minimum Gasteiger partial charge on any atom is -0.103 e. The molecule has 4 aliphatic rings. The summed E-state index contributed by atoms with van der Waals surface area (Å²) in [5.41, 5.74) is 5.20. The number of hydrogen-bond acceptors (Lipinski definition) is 0. The Hall–Kier alpha value is -1.82. The van der Waals surface area contributed by atoms with Gasteiger partial charge in [-0.2, -0.15) is 0 Å². The van der Waals surface area contributed by atoms with E-state index in [0.717, 1.165) is 12.8 Å². The van der Waals surface area contributed by atoms with Crippen LogP contribution in [0.25, 0.3) is 0 Å². The maximum Gasteiger partial charge on any atom is -0.00673 e. The zero-order chi connectivity index (χ0) is 23.3. The molecule has 0 aromatic heterocycles. The molecule has 172 valence electrons. The highest BCUT2D eigenvalue weighted by atomic mass is 14.6. The minimum atomic E-state index is 0.176. The second kappa shape index (κ2) is 8.19. The highest BCUT2D eigenvalue weighted by Crippen LogP contribution is 2.62. The molecule has 4 unspecified atom stereocenters. The smallest absolute Gasteiger partial charge is 0.00673 e. The third-order valence-electron chi connectivity index (χ3n) is 8.74. The highest BCUT2D eigenvalue weighted by molar-refractivity contribution is 5.41. The summed E-state index contributed by atoms with van der Waals surface area (Å²) in [6.07, 6.45) is 27.9. The molecule has 0 amide bonds. The van der Waals surface area contributed by atoms with Crippen LogP contribution in [0.3, 0.4) is 0 Å². The van der Waals surface area contributed by atoms with Crippen LogP contribution in [0.15, 0.2) is 84.1 Å². The summed E-state index contributed by atoms with van der Waals surface area (Å²) >= 11 is 0. The summed E-state index contributed by atoms with van der Waals surface area (Å²) in [7, 11) is 0. The first-order valence-electron chi connectivity index (χ1n) is 12.7. The largest absolute Gasteiger partial charge is 0.103 e. The molecule has 0 N–H and O–H groups in total. The van der Waals surface area contributed by atoms with Crippen molar-refractivity contribution in [2.75, 3.05) is 0 Å². The molecule has 5 atom stereocenters. The second-order valence-electron chi connectivity index (χ2n) is 12.9. The third kappa shape index (κ3) is 4.00. The predicted molar refractivity (Wildman–Crippen MR) is 140 cm³/mol. The van der Waals surface area contributed by atoms with Crippen molar-refractivity contribution in [2.45, 2.75) is 67.7 Å². The van der Waals surface area contributed by atoms with E-state index in [-0.39, 0.29) is 16.2 Å². The summed E-state index contributed by atoms with van der Waals surface area (Å²) in [6, 6.07) is 0. The number of allylic oxidation sites excluding steroid dienone is 13. The topological polar surface area (TPSA) is 0 Å². The molecule has 32 heavy (non-hydrogen) atoms. The van der Waals surface area contributed by atoms with Crippen LogP contribution >= 0.6 is 0 Å². The van der Waals surface area contributed by atoms with Gasteiger partial charge in [0.05, 0.1) is 0 Å². The molecule has 1 fully saturated rings. The van der Waals surface area contributed by atoms with Crippen LogP contribution in [-0.2, 0) is 0 Å². The van der Waals surface area contributed by atoms with Gasteiger partial charge in [0.2, 0.25) is 0 Å². The van der Waals surface area contributed by atoms with Crippen LogP contribution < -0.4 is 0 Å². The molecule has 0 bridgehead atoms. The van der Waals surface area contributed by atoms with Crippen LogP contribution in [0.2, 0.25) is 0 Å². The van der Waals surface area contributed by atoms with Crippen molar-refractivity contribution in [3.05, 3.63) is 84.1 Å². The molecule has 0 radical (unpaired) electrons. The van der Waals surface area contributed by atoms with Gasteiger partial charge in [-0.25, -0.2) is 0 Å². The Kier molecular flexibility index (Phi) is 5.98. The van der Waals surface area contributed by atoms with Gasteiger partial charge in [0.1, 0.15) is 0 Å². The maximum atomic E-state index is 4.09. The van der Waals surface area contributed by atoms with E-state index >= 15 is 0 Å². The van der Waals surface area contributed by atoms with Gasteiger partial charge >= 0.3 is 0 Å². The Bertz CT molecular complexity index is 878. The Morgan fingerprint density at radius 1 is 0.844 bits per heavy atom. The minimum absolute atomic E-state index is 0.176. The van der Waals surface area contributed by atoms with Crippen LogP contribution in [-0.4, -0.2) is 0 Å². The van der Waals surface area contributed by atoms with Crippen molar-refractivity contribution >= 4 is 0 Å². The molecular weight excluding hydrogens is 384 g/mol. The molecule has 0 heteroatoms. The van der Waals surface area contributed by atoms with E-state index in [1.807, 2.05) is 0 Å². The van der Waals surface area contributed by atoms with Gasteiger partial charge in [0.15, 0.2) is 0 Å². The highest BCUT2D eigenvalue weighted by Gasteiger charge is 2.55. The molecule has 0 spiro atoms. The predicted octanol–water partition coefficient (Wildman–Crippen LogP) is 9.02. The average molecular weight is 429 g/mol. The number of rotatable bonds is 5. The fourth-order valence-corrected chi connectivity index (χ4v) is 6.81. The van der Waals surface area contributed by atoms with E-state index in [1.54, 1.807) is 5.57 Å². The monoisotopic (exact) mass is 428 g/mol. The molecule has 4 rings (SSSR count). The number of hydrogen-bond donors (Lipinski definition) is 0. The molecule has 4 aliphatic carbocycles. The van der Waals surface area contributed by atoms with Crippen molar-refractivity contribution in [1.82, 2.24) is 0 Å². The quantitative estimate of drug-likeness (QED) is 0.383. The van der Waals surface area contributed by atoms with E-state index in [9.17, 15) is 0 Å². The SMILES string of the molecule is C=CCC[C@](C)(C1=CC=CC1)C1C2C=C(C(C)(C)C)C=CC2C2C=CC(C(C)(C)C)=CC21. The van der Waals surface area contributed by atoms with E-state index in [1.165, 1.54) is 17.6 Å². The van der Waals surface area contributed by atoms with Crippen LogP contribution in [0, 0.1) is 45.8 Å². The van der Waals surface area contributed by atoms with Crippen molar-refractivity contribution in [3.63, 3.8) is 0 Å². The summed E-state index contributed by atoms with van der Waals surface area (Å²) in [5.74, 6) is 2.97. The summed E-state index contributed by atoms with van der Waals surface area (Å²) in [5, 5.41) is 0. The van der Waals surface area contributed by atoms with E-state index < -0.39 is 0 Å². The molecule has 0 heterocycles. The molecule has 0 saturated heterocycles. The van der Waals surface area contributed by atoms with Gasteiger partial charge in [0, 0.05) is 0 Å². The molecular formula is C32H44. The van der Waals surface area contributed by atoms with Crippen LogP contribution in [0.4, 0.5) is 0 Å². The lowest BCUT2D eigenvalue weighted by Gasteiger charge is -2.44. The van der Waals surface area contributed by atoms with Gasteiger partial charge in [-0.1, -0.05) is 115 Å². The normalized spacial score (nSPS) is 33.2. The lowest BCUT2D eigenvalue weighted by Crippen LogP contribution is -2.37. The van der Waals surface area contributed by atoms with Crippen molar-refractivity contribution in [1.29, 1.82) is 0 Å². The maximum absolute atomic E-state index is 4.09. The van der Waals surface area contributed by atoms with Crippen LogP contribution in [0.5, 0.6) is 0 Å². The molecule has 0 aliphatic heterocycles. The van der Waals surface area contributed by atoms with Crippen LogP contribution in [0.1, 0.15) is 67.7 Å². The Morgan fingerprint density at radius 2 is 1.38 bits per heavy atom. The first-order chi connectivity index (χ1) is 15.0.